The Kier molecular flexibility index (Phi) is 5.31. The molecule has 1 aromatic rings. The van der Waals surface area contributed by atoms with E-state index in [0.717, 1.165) is 36.8 Å². The highest BCUT2D eigenvalue weighted by Crippen LogP contribution is 2.37. The van der Waals surface area contributed by atoms with E-state index in [0.29, 0.717) is 15.8 Å². The molecule has 3 rings (SSSR count). The van der Waals surface area contributed by atoms with Crippen LogP contribution in [0.15, 0.2) is 6.07 Å². The van der Waals surface area contributed by atoms with Gasteiger partial charge in [0.05, 0.1) is 17.1 Å². The Morgan fingerprint density at radius 2 is 2.20 bits per heavy atom. The number of nitrogens with one attached hydrogen (secondary N) is 1. The van der Waals surface area contributed by atoms with Gasteiger partial charge >= 0.3 is 0 Å². The monoisotopic (exact) mass is 381 g/mol. The van der Waals surface area contributed by atoms with Crippen molar-refractivity contribution in [1.82, 2.24) is 10.2 Å². The Hall–Kier alpha value is -1.64. The van der Waals surface area contributed by atoms with Gasteiger partial charge < -0.3 is 15.0 Å². The maximum absolute atomic E-state index is 12.3. The zero-order chi connectivity index (χ0) is 18.1. The molecule has 2 fully saturated rings. The molecule has 1 amide bonds. The van der Waals surface area contributed by atoms with Crippen LogP contribution in [0.25, 0.3) is 0 Å². The molecular formula is C18H21Cl2N3O2. The number of amides is 1. The molecule has 2 heterocycles. The Bertz CT molecular complexity index is 732. The van der Waals surface area contributed by atoms with Gasteiger partial charge in [0, 0.05) is 11.1 Å². The zero-order valence-electron chi connectivity index (χ0n) is 14.3. The van der Waals surface area contributed by atoms with Crippen LogP contribution in [0.4, 0.5) is 0 Å². The fourth-order valence-corrected chi connectivity index (χ4v) is 4.40. The molecule has 1 N–H and O–H groups in total. The first kappa shape index (κ1) is 18.2. The molecule has 0 aliphatic carbocycles. The van der Waals surface area contributed by atoms with Gasteiger partial charge in [0.15, 0.2) is 12.8 Å². The predicted octanol–water partition coefficient (Wildman–Crippen LogP) is 3.45. The molecule has 5 nitrogen and oxygen atoms in total. The minimum Gasteiger partial charge on any atom is -0.482 e. The maximum Gasteiger partial charge on any atom is 0.258 e. The number of carbonyl (C=O) groups excluding carboxylic acids is 1. The average molecular weight is 382 g/mol. The van der Waals surface area contributed by atoms with E-state index in [9.17, 15) is 10.1 Å². The van der Waals surface area contributed by atoms with Crippen molar-refractivity contribution >= 4 is 29.1 Å². The summed E-state index contributed by atoms with van der Waals surface area (Å²) < 4.78 is 5.64. The lowest BCUT2D eigenvalue weighted by atomic mass is 9.95. The molecule has 1 aromatic carbocycles. The van der Waals surface area contributed by atoms with Crippen molar-refractivity contribution in [3.63, 3.8) is 0 Å². The standard InChI is InChI=1S/C18H21Cl2N3O2/c1-3-11-6-15(18(20)10(2)17(11)19)25-8-16(24)22-13-7-12-4-5-14(13)23(12)9-21/h6,12-14H,3-5,7-8H2,1-2H3,(H,22,24)/t12?,13-,14?/m1/s1. The van der Waals surface area contributed by atoms with Gasteiger partial charge in [-0.2, -0.15) is 5.26 Å². The summed E-state index contributed by atoms with van der Waals surface area (Å²) >= 11 is 12.5. The fraction of sp³-hybridized carbons (Fsp3) is 0.556. The van der Waals surface area contributed by atoms with E-state index in [2.05, 4.69) is 11.5 Å². The van der Waals surface area contributed by atoms with Crippen molar-refractivity contribution in [2.45, 2.75) is 57.7 Å². The minimum atomic E-state index is -0.197. The van der Waals surface area contributed by atoms with Crippen molar-refractivity contribution in [2.75, 3.05) is 6.61 Å². The second-order valence-corrected chi connectivity index (χ2v) is 7.40. The van der Waals surface area contributed by atoms with E-state index in [1.54, 1.807) is 6.07 Å². The highest BCUT2D eigenvalue weighted by molar-refractivity contribution is 6.37. The number of halogens is 2. The third kappa shape index (κ3) is 3.38. The molecule has 0 aromatic heterocycles. The van der Waals surface area contributed by atoms with Crippen molar-refractivity contribution in [3.8, 4) is 11.9 Å². The Balaban J connectivity index is 1.60. The largest absolute Gasteiger partial charge is 0.482 e. The molecular weight excluding hydrogens is 361 g/mol. The number of fused-ring (bicyclic) bond motifs is 2. The van der Waals surface area contributed by atoms with Crippen molar-refractivity contribution < 1.29 is 9.53 Å². The first-order valence-corrected chi connectivity index (χ1v) is 9.29. The van der Waals surface area contributed by atoms with Crippen LogP contribution >= 0.6 is 23.2 Å². The highest BCUT2D eigenvalue weighted by Gasteiger charge is 2.46. The number of carbonyl (C=O) groups is 1. The topological polar surface area (TPSA) is 65.4 Å². The van der Waals surface area contributed by atoms with Gasteiger partial charge in [0.2, 0.25) is 0 Å². The van der Waals surface area contributed by atoms with Crippen LogP contribution in [-0.2, 0) is 11.2 Å². The molecule has 2 bridgehead atoms. The van der Waals surface area contributed by atoms with Crippen LogP contribution < -0.4 is 10.1 Å². The molecule has 2 saturated heterocycles. The van der Waals surface area contributed by atoms with Crippen LogP contribution in [0.2, 0.25) is 10.0 Å². The summed E-state index contributed by atoms with van der Waals surface area (Å²) in [6.07, 6.45) is 5.80. The van der Waals surface area contributed by atoms with Crippen LogP contribution in [0.5, 0.6) is 5.75 Å². The first-order chi connectivity index (χ1) is 12.0. The number of ether oxygens (including phenoxy) is 1. The fourth-order valence-electron chi connectivity index (χ4n) is 3.86. The van der Waals surface area contributed by atoms with Gasteiger partial charge in [-0.25, -0.2) is 0 Å². The van der Waals surface area contributed by atoms with Gasteiger partial charge in [0.25, 0.3) is 5.91 Å². The van der Waals surface area contributed by atoms with Crippen LogP contribution in [0.3, 0.4) is 0 Å². The van der Waals surface area contributed by atoms with Gasteiger partial charge in [0.1, 0.15) is 5.75 Å². The van der Waals surface area contributed by atoms with E-state index in [1.807, 2.05) is 18.7 Å². The predicted molar refractivity (Wildman–Crippen MR) is 96.9 cm³/mol. The van der Waals surface area contributed by atoms with Crippen molar-refractivity contribution in [2.24, 2.45) is 0 Å². The van der Waals surface area contributed by atoms with E-state index < -0.39 is 0 Å². The van der Waals surface area contributed by atoms with Crippen molar-refractivity contribution in [3.05, 3.63) is 27.2 Å². The van der Waals surface area contributed by atoms with E-state index in [-0.39, 0.29) is 30.6 Å². The molecule has 25 heavy (non-hydrogen) atoms. The number of benzene rings is 1. The van der Waals surface area contributed by atoms with E-state index in [1.165, 1.54) is 0 Å². The molecule has 3 atom stereocenters. The lowest BCUT2D eigenvalue weighted by Gasteiger charge is -2.22. The molecule has 0 saturated carbocycles. The molecule has 0 spiro atoms. The molecule has 0 radical (unpaired) electrons. The number of nitrogens with zero attached hydrogens (tertiary/aromatic N) is 2. The van der Waals surface area contributed by atoms with E-state index >= 15 is 0 Å². The highest BCUT2D eigenvalue weighted by atomic mass is 35.5. The second kappa shape index (κ2) is 7.31. The number of hydrogen-bond donors (Lipinski definition) is 1. The molecule has 134 valence electrons. The summed E-state index contributed by atoms with van der Waals surface area (Å²) in [5.41, 5.74) is 1.70. The quantitative estimate of drug-likeness (QED) is 0.793. The summed E-state index contributed by atoms with van der Waals surface area (Å²) in [6, 6.07) is 2.19. The third-order valence-corrected chi connectivity index (χ3v) is 6.20. The maximum atomic E-state index is 12.3. The summed E-state index contributed by atoms with van der Waals surface area (Å²) in [5, 5.41) is 13.3. The second-order valence-electron chi connectivity index (χ2n) is 6.64. The number of aryl methyl sites for hydroxylation is 1. The summed E-state index contributed by atoms with van der Waals surface area (Å²) in [4.78, 5) is 14.1. The van der Waals surface area contributed by atoms with Crippen LogP contribution in [0.1, 0.15) is 37.3 Å². The smallest absolute Gasteiger partial charge is 0.258 e. The lowest BCUT2D eigenvalue weighted by molar-refractivity contribution is -0.124. The lowest BCUT2D eigenvalue weighted by Crippen LogP contribution is -2.44. The Labute approximate surface area is 157 Å². The van der Waals surface area contributed by atoms with Gasteiger partial charge in [-0.1, -0.05) is 30.1 Å². The van der Waals surface area contributed by atoms with E-state index in [4.69, 9.17) is 27.9 Å². The summed E-state index contributed by atoms with van der Waals surface area (Å²) in [6.45, 7) is 3.73. The minimum absolute atomic E-state index is 0.0168. The van der Waals surface area contributed by atoms with Gasteiger partial charge in [-0.05, 0) is 49.8 Å². The summed E-state index contributed by atoms with van der Waals surface area (Å²) in [5.74, 6) is 0.277. The number of hydrogen-bond acceptors (Lipinski definition) is 4. The first-order valence-electron chi connectivity index (χ1n) is 8.54. The molecule has 2 unspecified atom stereocenters. The summed E-state index contributed by atoms with van der Waals surface area (Å²) in [7, 11) is 0. The Morgan fingerprint density at radius 3 is 2.84 bits per heavy atom. The van der Waals surface area contributed by atoms with Gasteiger partial charge in [-0.15, -0.1) is 0 Å². The number of rotatable bonds is 5. The SMILES string of the molecule is CCc1cc(OCC(=O)N[C@@H]2CC3CCC2N3C#N)c(Cl)c(C)c1Cl. The van der Waals surface area contributed by atoms with Gasteiger partial charge in [-0.3, -0.25) is 4.79 Å². The third-order valence-electron chi connectivity index (χ3n) is 5.20. The Morgan fingerprint density at radius 1 is 1.44 bits per heavy atom. The molecule has 2 aliphatic heterocycles. The normalized spacial score (nSPS) is 24.3. The molecule has 2 aliphatic rings. The number of nitriles is 1. The van der Waals surface area contributed by atoms with Crippen LogP contribution in [-0.4, -0.2) is 35.5 Å². The zero-order valence-corrected chi connectivity index (χ0v) is 15.8. The average Bonchev–Trinajstić information content (AvgIpc) is 3.15. The van der Waals surface area contributed by atoms with Crippen molar-refractivity contribution in [1.29, 1.82) is 5.26 Å². The van der Waals surface area contributed by atoms with Crippen LogP contribution in [0, 0.1) is 18.4 Å². The molecule has 7 heteroatoms.